The molecule has 6 heteroatoms. The maximum absolute atomic E-state index is 11.8. The largest absolute Gasteiger partial charge is 0.484 e. The normalized spacial score (nSPS) is 10.0. The number of benzene rings is 2. The van der Waals surface area contributed by atoms with Gasteiger partial charge in [0.05, 0.1) is 6.54 Å². The van der Waals surface area contributed by atoms with Crippen LogP contribution in [-0.4, -0.2) is 25.0 Å². The molecule has 120 valence electrons. The SMILES string of the molecule is Cc1ccc(NC(=O)CNC(=O)COc2ccccc2)cc1Br. The van der Waals surface area contributed by atoms with E-state index in [0.29, 0.717) is 11.4 Å². The van der Waals surface area contributed by atoms with E-state index >= 15 is 0 Å². The van der Waals surface area contributed by atoms with Crippen LogP contribution in [0.1, 0.15) is 5.56 Å². The standard InChI is InChI=1S/C17H17BrN2O3/c1-12-7-8-13(9-15(12)18)20-16(21)10-19-17(22)11-23-14-5-3-2-4-6-14/h2-9H,10-11H2,1H3,(H,19,22)(H,20,21). The highest BCUT2D eigenvalue weighted by atomic mass is 79.9. The van der Waals surface area contributed by atoms with Gasteiger partial charge in [0.1, 0.15) is 5.75 Å². The molecule has 2 rings (SSSR count). The fourth-order valence-electron chi connectivity index (χ4n) is 1.77. The second-order valence-electron chi connectivity index (χ2n) is 4.89. The predicted octanol–water partition coefficient (Wildman–Crippen LogP) is 2.89. The number of para-hydroxylation sites is 1. The van der Waals surface area contributed by atoms with Gasteiger partial charge in [0.15, 0.2) is 6.61 Å². The highest BCUT2D eigenvalue weighted by Crippen LogP contribution is 2.20. The molecule has 2 aromatic rings. The molecule has 23 heavy (non-hydrogen) atoms. The first kappa shape index (κ1) is 17.0. The summed E-state index contributed by atoms with van der Waals surface area (Å²) in [4.78, 5) is 23.5. The zero-order chi connectivity index (χ0) is 16.7. The average molecular weight is 377 g/mol. The van der Waals surface area contributed by atoms with Gasteiger partial charge in [-0.2, -0.15) is 0 Å². The molecule has 2 aromatic carbocycles. The van der Waals surface area contributed by atoms with Gasteiger partial charge in [-0.3, -0.25) is 9.59 Å². The van der Waals surface area contributed by atoms with E-state index in [2.05, 4.69) is 26.6 Å². The number of halogens is 1. The molecular formula is C17H17BrN2O3. The molecule has 0 aromatic heterocycles. The van der Waals surface area contributed by atoms with E-state index in [0.717, 1.165) is 10.0 Å². The third-order valence-electron chi connectivity index (χ3n) is 3.01. The summed E-state index contributed by atoms with van der Waals surface area (Å²) < 4.78 is 6.21. The molecule has 0 saturated heterocycles. The van der Waals surface area contributed by atoms with E-state index in [1.165, 1.54) is 0 Å². The van der Waals surface area contributed by atoms with Gasteiger partial charge in [-0.05, 0) is 36.8 Å². The first-order valence-electron chi connectivity index (χ1n) is 7.05. The van der Waals surface area contributed by atoms with Gasteiger partial charge in [-0.15, -0.1) is 0 Å². The Morgan fingerprint density at radius 3 is 2.52 bits per heavy atom. The Kier molecular flexibility index (Phi) is 6.17. The molecule has 0 fully saturated rings. The van der Waals surface area contributed by atoms with Crippen molar-refractivity contribution in [1.82, 2.24) is 5.32 Å². The number of nitrogens with one attached hydrogen (secondary N) is 2. The minimum Gasteiger partial charge on any atom is -0.484 e. The smallest absolute Gasteiger partial charge is 0.258 e. The van der Waals surface area contributed by atoms with Crippen LogP contribution in [0.15, 0.2) is 53.0 Å². The summed E-state index contributed by atoms with van der Waals surface area (Å²) in [5, 5.41) is 5.23. The summed E-state index contributed by atoms with van der Waals surface area (Å²) in [5.41, 5.74) is 1.75. The predicted molar refractivity (Wildman–Crippen MR) is 92.5 cm³/mol. The van der Waals surface area contributed by atoms with E-state index in [1.807, 2.05) is 37.3 Å². The minimum absolute atomic E-state index is 0.109. The maximum atomic E-state index is 11.8. The molecule has 0 bridgehead atoms. The van der Waals surface area contributed by atoms with Crippen molar-refractivity contribution in [1.29, 1.82) is 0 Å². The highest BCUT2D eigenvalue weighted by Gasteiger charge is 2.07. The zero-order valence-electron chi connectivity index (χ0n) is 12.6. The van der Waals surface area contributed by atoms with E-state index < -0.39 is 0 Å². The summed E-state index contributed by atoms with van der Waals surface area (Å²) in [6.07, 6.45) is 0. The Labute approximate surface area is 143 Å². The van der Waals surface area contributed by atoms with Crippen LogP contribution in [0.4, 0.5) is 5.69 Å². The van der Waals surface area contributed by atoms with Crippen LogP contribution in [0, 0.1) is 6.92 Å². The van der Waals surface area contributed by atoms with Crippen LogP contribution in [0.3, 0.4) is 0 Å². The Balaban J connectivity index is 1.73. The number of rotatable bonds is 6. The second-order valence-corrected chi connectivity index (χ2v) is 5.74. The molecule has 2 amide bonds. The lowest BCUT2D eigenvalue weighted by Gasteiger charge is -2.09. The fraction of sp³-hybridized carbons (Fsp3) is 0.176. The van der Waals surface area contributed by atoms with E-state index in [9.17, 15) is 9.59 Å². The number of carbonyl (C=O) groups excluding carboxylic acids is 2. The van der Waals surface area contributed by atoms with Gasteiger partial charge in [0.2, 0.25) is 5.91 Å². The molecule has 0 saturated carbocycles. The summed E-state index contributed by atoms with van der Waals surface area (Å²) >= 11 is 3.40. The summed E-state index contributed by atoms with van der Waals surface area (Å²) in [6.45, 7) is 1.72. The van der Waals surface area contributed by atoms with E-state index in [-0.39, 0.29) is 25.0 Å². The van der Waals surface area contributed by atoms with Gasteiger partial charge in [-0.25, -0.2) is 0 Å². The van der Waals surface area contributed by atoms with Crippen molar-refractivity contribution in [2.75, 3.05) is 18.5 Å². The first-order valence-corrected chi connectivity index (χ1v) is 7.84. The van der Waals surface area contributed by atoms with Crippen LogP contribution in [0.2, 0.25) is 0 Å². The molecular weight excluding hydrogens is 360 g/mol. The van der Waals surface area contributed by atoms with E-state index in [4.69, 9.17) is 4.74 Å². The summed E-state index contributed by atoms with van der Waals surface area (Å²) in [6, 6.07) is 14.5. The molecule has 0 aliphatic heterocycles. The molecule has 0 radical (unpaired) electrons. The van der Waals surface area contributed by atoms with Crippen molar-refractivity contribution in [2.45, 2.75) is 6.92 Å². The Morgan fingerprint density at radius 2 is 1.83 bits per heavy atom. The van der Waals surface area contributed by atoms with Gasteiger partial charge < -0.3 is 15.4 Å². The lowest BCUT2D eigenvalue weighted by Crippen LogP contribution is -2.35. The minimum atomic E-state index is -0.353. The topological polar surface area (TPSA) is 67.4 Å². The van der Waals surface area contributed by atoms with Crippen LogP contribution in [0.5, 0.6) is 5.75 Å². The van der Waals surface area contributed by atoms with Crippen molar-refractivity contribution in [2.24, 2.45) is 0 Å². The first-order chi connectivity index (χ1) is 11.0. The molecule has 0 atom stereocenters. The molecule has 0 heterocycles. The lowest BCUT2D eigenvalue weighted by molar-refractivity contribution is -0.125. The molecule has 2 N–H and O–H groups in total. The summed E-state index contributed by atoms with van der Waals surface area (Å²) in [5.74, 6) is -0.0421. The van der Waals surface area contributed by atoms with Crippen LogP contribution < -0.4 is 15.4 Å². The zero-order valence-corrected chi connectivity index (χ0v) is 14.2. The number of amides is 2. The van der Waals surface area contributed by atoms with Crippen LogP contribution in [-0.2, 0) is 9.59 Å². The average Bonchev–Trinajstić information content (AvgIpc) is 2.55. The molecule has 5 nitrogen and oxygen atoms in total. The van der Waals surface area contributed by atoms with E-state index in [1.54, 1.807) is 18.2 Å². The monoisotopic (exact) mass is 376 g/mol. The summed E-state index contributed by atoms with van der Waals surface area (Å²) in [7, 11) is 0. The number of carbonyl (C=O) groups is 2. The molecule has 0 spiro atoms. The Bertz CT molecular complexity index is 689. The van der Waals surface area contributed by atoms with Gasteiger partial charge in [0, 0.05) is 10.2 Å². The number of hydrogen-bond acceptors (Lipinski definition) is 3. The maximum Gasteiger partial charge on any atom is 0.258 e. The molecule has 0 unspecified atom stereocenters. The quantitative estimate of drug-likeness (QED) is 0.814. The Morgan fingerprint density at radius 1 is 1.09 bits per heavy atom. The van der Waals surface area contributed by atoms with Gasteiger partial charge >= 0.3 is 0 Å². The molecule has 0 aliphatic rings. The fourth-order valence-corrected chi connectivity index (χ4v) is 2.15. The Hall–Kier alpha value is -2.34. The van der Waals surface area contributed by atoms with Crippen LogP contribution >= 0.6 is 15.9 Å². The third kappa shape index (κ3) is 5.75. The number of aryl methyl sites for hydroxylation is 1. The van der Waals surface area contributed by atoms with Crippen LogP contribution in [0.25, 0.3) is 0 Å². The van der Waals surface area contributed by atoms with Crippen molar-refractivity contribution >= 4 is 33.4 Å². The molecule has 0 aliphatic carbocycles. The number of hydrogen-bond donors (Lipinski definition) is 2. The van der Waals surface area contributed by atoms with Crippen molar-refractivity contribution < 1.29 is 14.3 Å². The highest BCUT2D eigenvalue weighted by molar-refractivity contribution is 9.10. The number of anilines is 1. The second kappa shape index (κ2) is 8.33. The lowest BCUT2D eigenvalue weighted by atomic mass is 10.2. The van der Waals surface area contributed by atoms with Crippen molar-refractivity contribution in [3.05, 3.63) is 58.6 Å². The third-order valence-corrected chi connectivity index (χ3v) is 3.87. The van der Waals surface area contributed by atoms with Gasteiger partial charge in [-0.1, -0.05) is 40.2 Å². The number of ether oxygens (including phenoxy) is 1. The van der Waals surface area contributed by atoms with Crippen molar-refractivity contribution in [3.63, 3.8) is 0 Å². The van der Waals surface area contributed by atoms with Gasteiger partial charge in [0.25, 0.3) is 5.91 Å². The van der Waals surface area contributed by atoms with Crippen molar-refractivity contribution in [3.8, 4) is 5.75 Å².